The van der Waals surface area contributed by atoms with Gasteiger partial charge in [-0.3, -0.25) is 4.79 Å². The lowest BCUT2D eigenvalue weighted by Gasteiger charge is -2.06. The van der Waals surface area contributed by atoms with Crippen LogP contribution in [0.4, 0.5) is 0 Å². The van der Waals surface area contributed by atoms with Crippen LogP contribution < -0.4 is 10.6 Å². The monoisotopic (exact) mass is 220 g/mol. The second-order valence-corrected chi connectivity index (χ2v) is 3.88. The molecule has 0 aromatic heterocycles. The molecule has 16 heavy (non-hydrogen) atoms. The van der Waals surface area contributed by atoms with Gasteiger partial charge in [0.25, 0.3) is 5.91 Å². The van der Waals surface area contributed by atoms with E-state index in [0.717, 1.165) is 30.6 Å². The maximum Gasteiger partial charge on any atom is 0.251 e. The zero-order valence-electron chi connectivity index (χ0n) is 10.0. The molecule has 0 aliphatic rings. The summed E-state index contributed by atoms with van der Waals surface area (Å²) >= 11 is 0. The number of carbonyl (C=O) groups excluding carboxylic acids is 1. The fourth-order valence-corrected chi connectivity index (χ4v) is 1.45. The first-order valence-corrected chi connectivity index (χ1v) is 5.79. The zero-order valence-corrected chi connectivity index (χ0v) is 10.0. The molecule has 0 spiro atoms. The summed E-state index contributed by atoms with van der Waals surface area (Å²) in [5.41, 5.74) is 1.84. The van der Waals surface area contributed by atoms with E-state index in [9.17, 15) is 4.79 Å². The molecule has 0 aliphatic heterocycles. The third-order valence-corrected chi connectivity index (χ3v) is 2.29. The Morgan fingerprint density at radius 3 is 2.75 bits per heavy atom. The quantitative estimate of drug-likeness (QED) is 0.717. The Morgan fingerprint density at radius 2 is 2.06 bits per heavy atom. The van der Waals surface area contributed by atoms with E-state index in [1.807, 2.05) is 31.2 Å². The Balaban J connectivity index is 2.30. The summed E-state index contributed by atoms with van der Waals surface area (Å²) in [4.78, 5) is 11.7. The van der Waals surface area contributed by atoms with Crippen molar-refractivity contribution in [3.8, 4) is 0 Å². The molecule has 0 atom stereocenters. The Kier molecular flexibility index (Phi) is 5.57. The van der Waals surface area contributed by atoms with Crippen molar-refractivity contribution in [2.45, 2.75) is 20.3 Å². The minimum absolute atomic E-state index is 0.00185. The summed E-state index contributed by atoms with van der Waals surface area (Å²) in [6, 6.07) is 7.62. The first-order chi connectivity index (χ1) is 7.74. The van der Waals surface area contributed by atoms with Crippen LogP contribution in [-0.4, -0.2) is 25.5 Å². The standard InChI is InChI=1S/C13H20N2O/c1-3-7-14-8-9-15-13(16)12-6-4-5-11(2)10-12/h4-6,10,14H,3,7-9H2,1-2H3,(H,15,16). The molecule has 0 fully saturated rings. The maximum absolute atomic E-state index is 11.7. The fraction of sp³-hybridized carbons (Fsp3) is 0.462. The van der Waals surface area contributed by atoms with Gasteiger partial charge in [0.15, 0.2) is 0 Å². The number of hydrogen-bond acceptors (Lipinski definition) is 2. The Hall–Kier alpha value is -1.35. The van der Waals surface area contributed by atoms with Crippen molar-refractivity contribution < 1.29 is 4.79 Å². The highest BCUT2D eigenvalue weighted by Crippen LogP contribution is 2.03. The molecule has 1 rings (SSSR count). The molecule has 3 nitrogen and oxygen atoms in total. The zero-order chi connectivity index (χ0) is 11.8. The van der Waals surface area contributed by atoms with Gasteiger partial charge in [-0.1, -0.05) is 24.6 Å². The Bertz CT molecular complexity index is 336. The third kappa shape index (κ3) is 4.45. The van der Waals surface area contributed by atoms with E-state index in [1.165, 1.54) is 0 Å². The van der Waals surface area contributed by atoms with Gasteiger partial charge < -0.3 is 10.6 Å². The minimum Gasteiger partial charge on any atom is -0.351 e. The summed E-state index contributed by atoms with van der Waals surface area (Å²) < 4.78 is 0. The van der Waals surface area contributed by atoms with Crippen LogP contribution in [0.25, 0.3) is 0 Å². The smallest absolute Gasteiger partial charge is 0.251 e. The van der Waals surface area contributed by atoms with Gasteiger partial charge in [0, 0.05) is 18.7 Å². The normalized spacial score (nSPS) is 10.1. The van der Waals surface area contributed by atoms with Gasteiger partial charge in [0.05, 0.1) is 0 Å². The van der Waals surface area contributed by atoms with E-state index in [-0.39, 0.29) is 5.91 Å². The molecular weight excluding hydrogens is 200 g/mol. The van der Waals surface area contributed by atoms with Gasteiger partial charge in [-0.2, -0.15) is 0 Å². The average Bonchev–Trinajstić information content (AvgIpc) is 2.28. The molecule has 2 N–H and O–H groups in total. The van der Waals surface area contributed by atoms with Crippen molar-refractivity contribution in [1.29, 1.82) is 0 Å². The number of benzene rings is 1. The van der Waals surface area contributed by atoms with E-state index >= 15 is 0 Å². The molecule has 0 unspecified atom stereocenters. The predicted octanol–water partition coefficient (Wildman–Crippen LogP) is 1.72. The Labute approximate surface area is 97.2 Å². The largest absolute Gasteiger partial charge is 0.351 e. The van der Waals surface area contributed by atoms with Crippen molar-refractivity contribution in [3.63, 3.8) is 0 Å². The van der Waals surface area contributed by atoms with Crippen molar-refractivity contribution in [2.24, 2.45) is 0 Å². The number of aryl methyl sites for hydroxylation is 1. The highest BCUT2D eigenvalue weighted by atomic mass is 16.1. The minimum atomic E-state index is 0.00185. The number of nitrogens with one attached hydrogen (secondary N) is 2. The maximum atomic E-state index is 11.7. The van der Waals surface area contributed by atoms with Crippen LogP contribution >= 0.6 is 0 Å². The van der Waals surface area contributed by atoms with Crippen LogP contribution in [0.5, 0.6) is 0 Å². The van der Waals surface area contributed by atoms with Gasteiger partial charge >= 0.3 is 0 Å². The fourth-order valence-electron chi connectivity index (χ4n) is 1.45. The van der Waals surface area contributed by atoms with Crippen LogP contribution in [-0.2, 0) is 0 Å². The van der Waals surface area contributed by atoms with Crippen LogP contribution in [0.1, 0.15) is 29.3 Å². The summed E-state index contributed by atoms with van der Waals surface area (Å²) in [5.74, 6) is 0.00185. The Morgan fingerprint density at radius 1 is 1.25 bits per heavy atom. The van der Waals surface area contributed by atoms with Crippen LogP contribution in [0.2, 0.25) is 0 Å². The van der Waals surface area contributed by atoms with Gasteiger partial charge in [-0.15, -0.1) is 0 Å². The topological polar surface area (TPSA) is 41.1 Å². The molecule has 1 aromatic rings. The third-order valence-electron chi connectivity index (χ3n) is 2.29. The highest BCUT2D eigenvalue weighted by Gasteiger charge is 2.03. The molecule has 1 aromatic carbocycles. The molecule has 0 radical (unpaired) electrons. The summed E-state index contributed by atoms with van der Waals surface area (Å²) in [5, 5.41) is 6.12. The first kappa shape index (κ1) is 12.7. The van der Waals surface area contributed by atoms with E-state index in [4.69, 9.17) is 0 Å². The number of rotatable bonds is 6. The van der Waals surface area contributed by atoms with E-state index in [1.54, 1.807) is 0 Å². The first-order valence-electron chi connectivity index (χ1n) is 5.79. The summed E-state index contributed by atoms with van der Waals surface area (Å²) in [7, 11) is 0. The molecule has 0 aliphatic carbocycles. The summed E-state index contributed by atoms with van der Waals surface area (Å²) in [6.07, 6.45) is 1.12. The van der Waals surface area contributed by atoms with E-state index < -0.39 is 0 Å². The van der Waals surface area contributed by atoms with Crippen molar-refractivity contribution >= 4 is 5.91 Å². The number of carbonyl (C=O) groups is 1. The van der Waals surface area contributed by atoms with Gasteiger partial charge in [0.1, 0.15) is 0 Å². The van der Waals surface area contributed by atoms with Crippen molar-refractivity contribution in [1.82, 2.24) is 10.6 Å². The molecule has 3 heteroatoms. The van der Waals surface area contributed by atoms with Gasteiger partial charge in [-0.25, -0.2) is 0 Å². The van der Waals surface area contributed by atoms with Gasteiger partial charge in [-0.05, 0) is 32.0 Å². The predicted molar refractivity (Wildman–Crippen MR) is 66.7 cm³/mol. The lowest BCUT2D eigenvalue weighted by atomic mass is 10.1. The molecule has 1 amide bonds. The summed E-state index contributed by atoms with van der Waals surface area (Å²) in [6.45, 7) is 6.61. The average molecular weight is 220 g/mol. The van der Waals surface area contributed by atoms with Crippen molar-refractivity contribution in [3.05, 3.63) is 35.4 Å². The highest BCUT2D eigenvalue weighted by molar-refractivity contribution is 5.94. The van der Waals surface area contributed by atoms with Crippen LogP contribution in [0.15, 0.2) is 24.3 Å². The molecule has 0 bridgehead atoms. The lowest BCUT2D eigenvalue weighted by Crippen LogP contribution is -2.32. The van der Waals surface area contributed by atoms with E-state index in [2.05, 4.69) is 17.6 Å². The SMILES string of the molecule is CCCNCCNC(=O)c1cccc(C)c1. The van der Waals surface area contributed by atoms with Crippen LogP contribution in [0.3, 0.4) is 0 Å². The van der Waals surface area contributed by atoms with E-state index in [0.29, 0.717) is 6.54 Å². The molecule has 0 heterocycles. The second-order valence-electron chi connectivity index (χ2n) is 3.88. The van der Waals surface area contributed by atoms with Crippen LogP contribution in [0, 0.1) is 6.92 Å². The number of amides is 1. The second kappa shape index (κ2) is 7.01. The van der Waals surface area contributed by atoms with Gasteiger partial charge in [0.2, 0.25) is 0 Å². The molecule has 0 saturated carbocycles. The number of hydrogen-bond donors (Lipinski definition) is 2. The molecule has 88 valence electrons. The molecular formula is C13H20N2O. The molecule has 0 saturated heterocycles. The van der Waals surface area contributed by atoms with Crippen molar-refractivity contribution in [2.75, 3.05) is 19.6 Å². The lowest BCUT2D eigenvalue weighted by molar-refractivity contribution is 0.0954.